The molecule has 146 valence electrons. The molecule has 2 aromatic rings. The summed E-state index contributed by atoms with van der Waals surface area (Å²) in [4.78, 5) is 4.44. The topological polar surface area (TPSA) is 104 Å². The minimum atomic E-state index is -0.146. The zero-order valence-corrected chi connectivity index (χ0v) is 15.8. The summed E-state index contributed by atoms with van der Waals surface area (Å²) in [6.07, 6.45) is 0.707. The van der Waals surface area contributed by atoms with Gasteiger partial charge in [0.05, 0.1) is 31.5 Å². The van der Waals surface area contributed by atoms with Crippen LogP contribution in [0.4, 0.5) is 5.69 Å². The molecule has 0 bridgehead atoms. The Hall–Kier alpha value is -2.90. The molecule has 0 aliphatic carbocycles. The number of rotatable bonds is 3. The van der Waals surface area contributed by atoms with Crippen molar-refractivity contribution in [2.24, 2.45) is 10.1 Å². The van der Waals surface area contributed by atoms with Crippen LogP contribution in [0, 0.1) is 0 Å². The van der Waals surface area contributed by atoms with E-state index in [9.17, 15) is 10.2 Å². The van der Waals surface area contributed by atoms with Gasteiger partial charge in [0.15, 0.2) is 0 Å². The lowest BCUT2D eigenvalue weighted by Crippen LogP contribution is -2.35. The molecule has 0 saturated heterocycles. The van der Waals surface area contributed by atoms with Crippen molar-refractivity contribution in [3.63, 3.8) is 0 Å². The number of benzene rings is 2. The highest BCUT2D eigenvalue weighted by Crippen LogP contribution is 2.28. The van der Waals surface area contributed by atoms with Gasteiger partial charge in [0.1, 0.15) is 6.61 Å². The van der Waals surface area contributed by atoms with Crippen LogP contribution < -0.4 is 5.73 Å². The van der Waals surface area contributed by atoms with E-state index >= 15 is 0 Å². The van der Waals surface area contributed by atoms with E-state index in [1.807, 2.05) is 41.4 Å². The summed E-state index contributed by atoms with van der Waals surface area (Å²) >= 11 is 0. The van der Waals surface area contributed by atoms with Crippen molar-refractivity contribution in [1.29, 1.82) is 0 Å². The summed E-state index contributed by atoms with van der Waals surface area (Å²) in [5, 5.41) is 26.2. The van der Waals surface area contributed by atoms with Crippen LogP contribution in [0.25, 0.3) is 0 Å². The molecule has 28 heavy (non-hydrogen) atoms. The highest BCUT2D eigenvalue weighted by Gasteiger charge is 2.29. The molecule has 0 fully saturated rings. The highest BCUT2D eigenvalue weighted by atomic mass is 16.5. The molecule has 4 rings (SSSR count). The summed E-state index contributed by atoms with van der Waals surface area (Å²) in [6.45, 7) is 2.99. The van der Waals surface area contributed by atoms with Gasteiger partial charge in [-0.3, -0.25) is 0 Å². The van der Waals surface area contributed by atoms with Crippen molar-refractivity contribution in [3.05, 3.63) is 64.2 Å². The van der Waals surface area contributed by atoms with Crippen molar-refractivity contribution in [1.82, 2.24) is 5.01 Å². The maximum Gasteiger partial charge on any atom is 0.308 e. The number of aliphatic imine (C=N–C) groups is 1. The van der Waals surface area contributed by atoms with Gasteiger partial charge in [0.2, 0.25) is 0 Å². The quantitative estimate of drug-likeness (QED) is 0.703. The SMILES string of the molecule is CC1Cc2cc(CO)c(CO)cc2C(c2ccc(N)cc2)=NN1C1=NCCO1. The summed E-state index contributed by atoms with van der Waals surface area (Å²) < 4.78 is 5.68. The second kappa shape index (κ2) is 7.61. The third-order valence-electron chi connectivity index (χ3n) is 5.11. The third-order valence-corrected chi connectivity index (χ3v) is 5.11. The lowest BCUT2D eigenvalue weighted by atomic mass is 9.90. The minimum Gasteiger partial charge on any atom is -0.462 e. The summed E-state index contributed by atoms with van der Waals surface area (Å²) in [5.74, 6) is 0. The van der Waals surface area contributed by atoms with E-state index in [1.165, 1.54) is 0 Å². The Kier molecular flexibility index (Phi) is 5.02. The van der Waals surface area contributed by atoms with E-state index in [0.29, 0.717) is 36.8 Å². The monoisotopic (exact) mass is 380 g/mol. The normalized spacial score (nSPS) is 18.8. The Balaban J connectivity index is 1.91. The molecule has 0 radical (unpaired) electrons. The molecule has 2 aromatic carbocycles. The fourth-order valence-corrected chi connectivity index (χ4v) is 3.64. The molecule has 2 heterocycles. The smallest absolute Gasteiger partial charge is 0.308 e. The van der Waals surface area contributed by atoms with Crippen LogP contribution in [-0.4, -0.2) is 46.1 Å². The summed E-state index contributed by atoms with van der Waals surface area (Å²) in [7, 11) is 0. The number of aliphatic hydroxyl groups excluding tert-OH is 2. The fourth-order valence-electron chi connectivity index (χ4n) is 3.64. The van der Waals surface area contributed by atoms with E-state index in [1.54, 1.807) is 0 Å². The number of aliphatic hydroxyl groups is 2. The van der Waals surface area contributed by atoms with Crippen LogP contribution in [0.3, 0.4) is 0 Å². The maximum absolute atomic E-state index is 9.77. The van der Waals surface area contributed by atoms with Crippen molar-refractivity contribution >= 4 is 17.4 Å². The summed E-state index contributed by atoms with van der Waals surface area (Å²) in [6, 6.07) is 12.0. The van der Waals surface area contributed by atoms with Gasteiger partial charge < -0.3 is 20.7 Å². The third kappa shape index (κ3) is 3.34. The van der Waals surface area contributed by atoms with Crippen LogP contribution in [0.15, 0.2) is 46.5 Å². The average molecular weight is 380 g/mol. The van der Waals surface area contributed by atoms with Gasteiger partial charge in [-0.1, -0.05) is 18.2 Å². The minimum absolute atomic E-state index is 0.0217. The van der Waals surface area contributed by atoms with E-state index < -0.39 is 0 Å². The number of hydrazone groups is 1. The highest BCUT2D eigenvalue weighted by molar-refractivity contribution is 6.14. The molecular formula is C21H24N4O3. The number of ether oxygens (including phenoxy) is 1. The van der Waals surface area contributed by atoms with Crippen LogP contribution >= 0.6 is 0 Å². The van der Waals surface area contributed by atoms with Gasteiger partial charge >= 0.3 is 6.02 Å². The Morgan fingerprint density at radius 3 is 2.50 bits per heavy atom. The number of anilines is 1. The fraction of sp³-hybridized carbons (Fsp3) is 0.333. The number of nitrogen functional groups attached to an aromatic ring is 1. The van der Waals surface area contributed by atoms with Gasteiger partial charge in [-0.25, -0.2) is 10.0 Å². The zero-order chi connectivity index (χ0) is 19.7. The molecule has 7 heteroatoms. The molecule has 0 aromatic heterocycles. The van der Waals surface area contributed by atoms with Gasteiger partial charge in [0, 0.05) is 16.8 Å². The first kappa shape index (κ1) is 18.5. The average Bonchev–Trinajstić information content (AvgIpc) is 3.19. The number of hydrogen-bond acceptors (Lipinski definition) is 7. The first-order valence-corrected chi connectivity index (χ1v) is 9.38. The lowest BCUT2D eigenvalue weighted by Gasteiger charge is -2.23. The first-order chi connectivity index (χ1) is 13.6. The Bertz CT molecular complexity index is 937. The van der Waals surface area contributed by atoms with E-state index in [0.717, 1.165) is 28.0 Å². The molecular weight excluding hydrogens is 356 g/mol. The predicted molar refractivity (Wildman–Crippen MR) is 108 cm³/mol. The molecule has 0 saturated carbocycles. The zero-order valence-electron chi connectivity index (χ0n) is 15.8. The molecule has 1 unspecified atom stereocenters. The molecule has 4 N–H and O–H groups in total. The lowest BCUT2D eigenvalue weighted by molar-refractivity contribution is 0.235. The Morgan fingerprint density at radius 1 is 1.14 bits per heavy atom. The van der Waals surface area contributed by atoms with E-state index in [-0.39, 0.29) is 19.3 Å². The second-order valence-electron chi connectivity index (χ2n) is 7.08. The standard InChI is InChI=1S/C21H24N4O3/c1-13-8-15-9-16(11-26)17(12-27)10-19(15)20(14-2-4-18(22)5-3-14)24-25(13)21-23-6-7-28-21/h2-5,9-10,13,26-27H,6-8,11-12,22H2,1H3. The van der Waals surface area contributed by atoms with Crippen LogP contribution in [0.5, 0.6) is 0 Å². The molecule has 0 spiro atoms. The van der Waals surface area contributed by atoms with Gasteiger partial charge in [-0.2, -0.15) is 5.10 Å². The largest absolute Gasteiger partial charge is 0.462 e. The van der Waals surface area contributed by atoms with Crippen molar-refractivity contribution in [3.8, 4) is 0 Å². The molecule has 0 amide bonds. The second-order valence-corrected chi connectivity index (χ2v) is 7.08. The number of nitrogens with zero attached hydrogens (tertiary/aromatic N) is 3. The Labute approximate surface area is 163 Å². The maximum atomic E-state index is 9.77. The molecule has 2 aliphatic rings. The van der Waals surface area contributed by atoms with E-state index in [4.69, 9.17) is 15.6 Å². The first-order valence-electron chi connectivity index (χ1n) is 9.38. The van der Waals surface area contributed by atoms with Crippen molar-refractivity contribution in [2.45, 2.75) is 32.6 Å². The molecule has 2 aliphatic heterocycles. The molecule has 7 nitrogen and oxygen atoms in total. The predicted octanol–water partition coefficient (Wildman–Crippen LogP) is 1.64. The van der Waals surface area contributed by atoms with Gasteiger partial charge in [0.25, 0.3) is 0 Å². The van der Waals surface area contributed by atoms with Crippen LogP contribution in [0.1, 0.15) is 34.7 Å². The Morgan fingerprint density at radius 2 is 1.86 bits per heavy atom. The molecule has 1 atom stereocenters. The van der Waals surface area contributed by atoms with Gasteiger partial charge in [-0.05, 0) is 48.2 Å². The van der Waals surface area contributed by atoms with Crippen molar-refractivity contribution in [2.75, 3.05) is 18.9 Å². The van der Waals surface area contributed by atoms with Crippen LogP contribution in [-0.2, 0) is 24.4 Å². The van der Waals surface area contributed by atoms with Crippen molar-refractivity contribution < 1.29 is 14.9 Å². The number of amidine groups is 1. The van der Waals surface area contributed by atoms with Crippen LogP contribution in [0.2, 0.25) is 0 Å². The number of fused-ring (bicyclic) bond motifs is 1. The number of hydrogen-bond donors (Lipinski definition) is 3. The van der Waals surface area contributed by atoms with Gasteiger partial charge in [-0.15, -0.1) is 0 Å². The van der Waals surface area contributed by atoms with E-state index in [2.05, 4.69) is 11.9 Å². The number of nitrogens with two attached hydrogens (primary N) is 1. The summed E-state index contributed by atoms with van der Waals surface area (Å²) in [5.41, 5.74) is 11.6.